The Kier molecular flexibility index (Phi) is 10.4. The van der Waals surface area contributed by atoms with Crippen LogP contribution in [-0.2, 0) is 18.3 Å². The first-order valence-corrected chi connectivity index (χ1v) is 14.0. The van der Waals surface area contributed by atoms with Gasteiger partial charge in [0.25, 0.3) is 11.8 Å². The maximum absolute atomic E-state index is 13.0. The van der Waals surface area contributed by atoms with Crippen molar-refractivity contribution >= 4 is 63.7 Å². The highest BCUT2D eigenvalue weighted by Gasteiger charge is 2.15. The van der Waals surface area contributed by atoms with Gasteiger partial charge in [-0.25, -0.2) is 0 Å². The number of hydrogen-bond donors (Lipinski definition) is 3. The van der Waals surface area contributed by atoms with E-state index in [2.05, 4.69) is 25.8 Å². The molecule has 0 fully saturated rings. The maximum Gasteiger partial charge on any atom is 0.272 e. The molecule has 11 heteroatoms. The number of halogens is 2. The molecule has 9 nitrogen and oxygen atoms in total. The summed E-state index contributed by atoms with van der Waals surface area (Å²) >= 11 is 11.8. The Morgan fingerprint density at radius 2 is 1.49 bits per heavy atom. The van der Waals surface area contributed by atoms with E-state index in [-0.39, 0.29) is 24.1 Å². The number of nitrogens with zero attached hydrogens (tertiary/aromatic N) is 3. The number of benzene rings is 2. The van der Waals surface area contributed by atoms with Gasteiger partial charge in [0, 0.05) is 73.1 Å². The molecule has 0 saturated heterocycles. The van der Waals surface area contributed by atoms with Gasteiger partial charge in [-0.05, 0) is 66.2 Å². The van der Waals surface area contributed by atoms with Crippen LogP contribution >= 0.6 is 23.2 Å². The molecule has 0 saturated carbocycles. The van der Waals surface area contributed by atoms with Crippen molar-refractivity contribution in [2.75, 3.05) is 45.7 Å². The second kappa shape index (κ2) is 14.3. The lowest BCUT2D eigenvalue weighted by Gasteiger charge is -2.23. The molecule has 0 unspecified atom stereocenters. The van der Waals surface area contributed by atoms with Gasteiger partial charge in [0.05, 0.1) is 12.1 Å². The van der Waals surface area contributed by atoms with Crippen molar-refractivity contribution in [3.05, 3.63) is 102 Å². The number of pyridine rings is 1. The number of hydrogen-bond acceptors (Lipinski definition) is 5. The van der Waals surface area contributed by atoms with Crippen molar-refractivity contribution in [2.24, 2.45) is 7.05 Å². The Morgan fingerprint density at radius 3 is 2.17 bits per heavy atom. The average Bonchev–Trinajstić information content (AvgIpc) is 3.33. The smallest absolute Gasteiger partial charge is 0.272 e. The molecule has 41 heavy (non-hydrogen) atoms. The molecule has 4 rings (SSSR count). The minimum atomic E-state index is -0.373. The van der Waals surface area contributed by atoms with Crippen LogP contribution in [0.1, 0.15) is 26.4 Å². The number of anilines is 4. The lowest BCUT2D eigenvalue weighted by Crippen LogP contribution is -2.27. The maximum atomic E-state index is 13.0. The fraction of sp³-hybridized carbons (Fsp3) is 0.200. The van der Waals surface area contributed by atoms with Crippen LogP contribution in [0.2, 0.25) is 0 Å². The predicted octanol–water partition coefficient (Wildman–Crippen LogP) is 5.39. The van der Waals surface area contributed by atoms with Crippen molar-refractivity contribution in [1.29, 1.82) is 0 Å². The third-order valence-electron chi connectivity index (χ3n) is 6.22. The molecule has 2 aromatic heterocycles. The third kappa shape index (κ3) is 8.33. The zero-order chi connectivity index (χ0) is 29.2. The van der Waals surface area contributed by atoms with Crippen molar-refractivity contribution in [2.45, 2.75) is 6.42 Å². The minimum absolute atomic E-state index is 0.193. The number of alkyl halides is 2. The molecule has 0 aliphatic carbocycles. The van der Waals surface area contributed by atoms with Gasteiger partial charge < -0.3 is 25.4 Å². The number of nitrogens with one attached hydrogen (secondary N) is 3. The van der Waals surface area contributed by atoms with Crippen LogP contribution in [0.4, 0.5) is 22.7 Å². The molecule has 212 valence electrons. The first kappa shape index (κ1) is 29.6. The SMILES string of the molecule is Cn1cc(NC(=O)c2cccc(NC(=O)Cc3ccncc3)c2)cc1C(=O)Nc1ccc(N(CCCl)CCCl)cc1. The van der Waals surface area contributed by atoms with Gasteiger partial charge in [-0.2, -0.15) is 0 Å². The van der Waals surface area contributed by atoms with E-state index in [1.165, 1.54) is 0 Å². The van der Waals surface area contributed by atoms with Crippen LogP contribution in [0.25, 0.3) is 0 Å². The summed E-state index contributed by atoms with van der Waals surface area (Å²) in [6.07, 6.45) is 5.11. The lowest BCUT2D eigenvalue weighted by atomic mass is 10.1. The average molecular weight is 594 g/mol. The highest BCUT2D eigenvalue weighted by Crippen LogP contribution is 2.21. The molecular weight excluding hydrogens is 563 g/mol. The number of amides is 3. The molecule has 0 radical (unpaired) electrons. The van der Waals surface area contributed by atoms with E-state index < -0.39 is 0 Å². The van der Waals surface area contributed by atoms with Crippen molar-refractivity contribution in [3.63, 3.8) is 0 Å². The number of carbonyl (C=O) groups excluding carboxylic acids is 3. The largest absolute Gasteiger partial charge is 0.369 e. The highest BCUT2D eigenvalue weighted by molar-refractivity contribution is 6.18. The van der Waals surface area contributed by atoms with Crippen molar-refractivity contribution < 1.29 is 14.4 Å². The van der Waals surface area contributed by atoms with Gasteiger partial charge in [0.15, 0.2) is 0 Å². The molecule has 0 bridgehead atoms. The quantitative estimate of drug-likeness (QED) is 0.191. The molecule has 4 aromatic rings. The molecule has 0 spiro atoms. The van der Waals surface area contributed by atoms with Crippen molar-refractivity contribution in [1.82, 2.24) is 9.55 Å². The number of aryl methyl sites for hydroxylation is 1. The van der Waals surface area contributed by atoms with E-state index in [1.807, 2.05) is 24.3 Å². The van der Waals surface area contributed by atoms with E-state index in [1.54, 1.807) is 72.7 Å². The van der Waals surface area contributed by atoms with Crippen LogP contribution in [0, 0.1) is 0 Å². The molecule has 3 N–H and O–H groups in total. The Balaban J connectivity index is 1.36. The van der Waals surface area contributed by atoms with E-state index in [0.717, 1.165) is 11.3 Å². The predicted molar refractivity (Wildman–Crippen MR) is 164 cm³/mol. The topological polar surface area (TPSA) is 108 Å². The molecule has 0 atom stereocenters. The molecule has 0 aliphatic heterocycles. The zero-order valence-electron chi connectivity index (χ0n) is 22.4. The summed E-state index contributed by atoms with van der Waals surface area (Å²) in [6.45, 7) is 1.34. The van der Waals surface area contributed by atoms with E-state index in [4.69, 9.17) is 23.2 Å². The number of carbonyl (C=O) groups is 3. The molecular formula is C30H30Cl2N6O3. The molecule has 2 aromatic carbocycles. The Bertz CT molecular complexity index is 1490. The standard InChI is InChI=1S/C30H30Cl2N6O3/c1-37-20-25(19-27(37)30(41)35-23-5-7-26(8-6-23)38(15-11-31)16-12-32)36-29(40)22-3-2-4-24(18-22)34-28(39)17-21-9-13-33-14-10-21/h2-10,13-14,18-20H,11-12,15-17H2,1H3,(H,34,39)(H,35,41)(H,36,40). The molecule has 3 amide bonds. The summed E-state index contributed by atoms with van der Waals surface area (Å²) < 4.78 is 1.64. The van der Waals surface area contributed by atoms with E-state index in [0.29, 0.717) is 53.2 Å². The monoisotopic (exact) mass is 592 g/mol. The highest BCUT2D eigenvalue weighted by atomic mass is 35.5. The van der Waals surface area contributed by atoms with Crippen molar-refractivity contribution in [3.8, 4) is 0 Å². The normalized spacial score (nSPS) is 10.6. The van der Waals surface area contributed by atoms with Crippen LogP contribution in [0.15, 0.2) is 85.3 Å². The van der Waals surface area contributed by atoms with Crippen LogP contribution in [0.5, 0.6) is 0 Å². The molecule has 2 heterocycles. The number of aromatic nitrogens is 2. The Hall–Kier alpha value is -4.34. The van der Waals surface area contributed by atoms with Gasteiger partial charge in [0.1, 0.15) is 5.69 Å². The first-order valence-electron chi connectivity index (χ1n) is 12.9. The van der Waals surface area contributed by atoms with Gasteiger partial charge in [0.2, 0.25) is 5.91 Å². The number of rotatable bonds is 12. The summed E-state index contributed by atoms with van der Waals surface area (Å²) in [5.74, 6) is 0.0674. The molecule has 0 aliphatic rings. The second-order valence-electron chi connectivity index (χ2n) is 9.21. The fourth-order valence-corrected chi connectivity index (χ4v) is 4.62. The fourth-order valence-electron chi connectivity index (χ4n) is 4.22. The summed E-state index contributed by atoms with van der Waals surface area (Å²) in [6, 6.07) is 19.2. The minimum Gasteiger partial charge on any atom is -0.369 e. The van der Waals surface area contributed by atoms with Gasteiger partial charge in [-0.1, -0.05) is 6.07 Å². The third-order valence-corrected chi connectivity index (χ3v) is 6.56. The van der Waals surface area contributed by atoms with Crippen LogP contribution in [-0.4, -0.2) is 52.1 Å². The van der Waals surface area contributed by atoms with E-state index >= 15 is 0 Å². The van der Waals surface area contributed by atoms with Crippen LogP contribution in [0.3, 0.4) is 0 Å². The van der Waals surface area contributed by atoms with Gasteiger partial charge >= 0.3 is 0 Å². The summed E-state index contributed by atoms with van der Waals surface area (Å²) in [7, 11) is 1.73. The zero-order valence-corrected chi connectivity index (χ0v) is 24.0. The summed E-state index contributed by atoms with van der Waals surface area (Å²) in [4.78, 5) is 44.3. The lowest BCUT2D eigenvalue weighted by molar-refractivity contribution is -0.115. The Morgan fingerprint density at radius 1 is 0.805 bits per heavy atom. The van der Waals surface area contributed by atoms with E-state index in [9.17, 15) is 14.4 Å². The first-order chi connectivity index (χ1) is 19.9. The summed E-state index contributed by atoms with van der Waals surface area (Å²) in [5, 5.41) is 8.51. The summed E-state index contributed by atoms with van der Waals surface area (Å²) in [5.41, 5.74) is 4.12. The van der Waals surface area contributed by atoms with Gasteiger partial charge in [-0.3, -0.25) is 19.4 Å². The van der Waals surface area contributed by atoms with Crippen LogP contribution < -0.4 is 20.9 Å². The van der Waals surface area contributed by atoms with Gasteiger partial charge in [-0.15, -0.1) is 23.2 Å². The Labute approximate surface area is 248 Å². The second-order valence-corrected chi connectivity index (χ2v) is 9.96.